The number of nitrogens with one attached hydrogen (secondary N) is 2. The maximum Gasteiger partial charge on any atom is 0.347 e. The Morgan fingerprint density at radius 2 is 1.79 bits per heavy atom. The quantitative estimate of drug-likeness (QED) is 0.173. The third kappa shape index (κ3) is 7.43. The molecule has 0 spiro atoms. The highest BCUT2D eigenvalue weighted by Gasteiger charge is 2.25. The number of aromatic nitrogens is 6. The molecule has 2 aromatic carbocycles. The average molecular weight is 736 g/mol. The van der Waals surface area contributed by atoms with Crippen LogP contribution >= 0.6 is 23.3 Å². The topological polar surface area (TPSA) is 153 Å². The zero-order valence-corrected chi connectivity index (χ0v) is 29.7. The SMILES string of the molecule is COc1cc(N2CCCN(C)CC2)c(-c2cnn(C)c2)cc1Nc1ncc(Br)c(Nc2ccc3nccnc3c2C(=O)OP(C)(C)=O)n1. The summed E-state index contributed by atoms with van der Waals surface area (Å²) in [5.41, 5.74) is 4.89. The lowest BCUT2D eigenvalue weighted by atomic mass is 10.0. The fraction of sp³-hybridized carbons (Fsp3) is 0.312. The molecule has 1 fully saturated rings. The zero-order valence-electron chi connectivity index (χ0n) is 27.3. The van der Waals surface area contributed by atoms with Crippen LogP contribution in [0.4, 0.5) is 28.8 Å². The van der Waals surface area contributed by atoms with E-state index in [9.17, 15) is 9.36 Å². The van der Waals surface area contributed by atoms with E-state index in [1.807, 2.05) is 31.6 Å². The predicted octanol–water partition coefficient (Wildman–Crippen LogP) is 5.92. The molecule has 0 unspecified atom stereocenters. The van der Waals surface area contributed by atoms with Crippen LogP contribution in [0.2, 0.25) is 0 Å². The third-order valence-electron chi connectivity index (χ3n) is 7.78. The average Bonchev–Trinajstić information content (AvgIpc) is 3.37. The van der Waals surface area contributed by atoms with Crippen molar-refractivity contribution in [1.82, 2.24) is 34.6 Å². The van der Waals surface area contributed by atoms with Gasteiger partial charge in [0.15, 0.2) is 0 Å². The van der Waals surface area contributed by atoms with Gasteiger partial charge in [0.25, 0.3) is 0 Å². The number of ether oxygens (including phenoxy) is 1. The second kappa shape index (κ2) is 13.9. The van der Waals surface area contributed by atoms with Gasteiger partial charge in [-0.2, -0.15) is 10.1 Å². The third-order valence-corrected chi connectivity index (χ3v) is 8.97. The first-order valence-electron chi connectivity index (χ1n) is 15.2. The summed E-state index contributed by atoms with van der Waals surface area (Å²) in [6, 6.07) is 7.47. The summed E-state index contributed by atoms with van der Waals surface area (Å²) in [6.07, 6.45) is 9.49. The molecule has 16 heteroatoms. The van der Waals surface area contributed by atoms with E-state index in [1.54, 1.807) is 30.1 Å². The summed E-state index contributed by atoms with van der Waals surface area (Å²) in [4.78, 5) is 35.9. The number of methoxy groups -OCH3 is 1. The molecule has 4 heterocycles. The molecule has 250 valence electrons. The highest BCUT2D eigenvalue weighted by Crippen LogP contribution is 2.42. The first kappa shape index (κ1) is 33.3. The van der Waals surface area contributed by atoms with Gasteiger partial charge in [0.05, 0.1) is 34.7 Å². The standard InChI is InChI=1S/C32H36BrN10O4P/c1-41-11-6-12-43(14-13-41)26-16-27(46-3)25(15-21(26)20-17-37-42(2)19-20)39-32-36-18-22(33)30(40-32)38-23-7-8-24-29(35-10-9-34-24)28(23)31(44)47-48(4,5)45/h7-10,15-19H,6,11-14H2,1-5H3,(H2,36,38,39,40). The number of carbonyl (C=O) groups is 1. The molecule has 0 radical (unpaired) electrons. The van der Waals surface area contributed by atoms with Gasteiger partial charge in [-0.25, -0.2) is 9.78 Å². The minimum Gasteiger partial charge on any atom is -0.494 e. The second-order valence-corrected chi connectivity index (χ2v) is 15.3. The molecule has 48 heavy (non-hydrogen) atoms. The molecule has 1 aliphatic heterocycles. The van der Waals surface area contributed by atoms with E-state index >= 15 is 0 Å². The Kier molecular flexibility index (Phi) is 9.63. The molecule has 0 bridgehead atoms. The van der Waals surface area contributed by atoms with E-state index in [0.29, 0.717) is 38.4 Å². The summed E-state index contributed by atoms with van der Waals surface area (Å²) < 4.78 is 25.9. The lowest BCUT2D eigenvalue weighted by Crippen LogP contribution is -2.29. The van der Waals surface area contributed by atoms with Crippen LogP contribution in [0.15, 0.2) is 59.7 Å². The Bertz CT molecular complexity index is 2030. The van der Waals surface area contributed by atoms with Crippen molar-refractivity contribution in [2.75, 3.05) is 69.2 Å². The number of fused-ring (bicyclic) bond motifs is 1. The van der Waals surface area contributed by atoms with E-state index in [0.717, 1.165) is 49.4 Å². The zero-order chi connectivity index (χ0) is 34.0. The maximum absolute atomic E-state index is 13.3. The van der Waals surface area contributed by atoms with E-state index in [1.165, 1.54) is 25.7 Å². The number of hydrogen-bond acceptors (Lipinski definition) is 13. The van der Waals surface area contributed by atoms with Crippen LogP contribution in [0, 0.1) is 0 Å². The molecule has 3 aromatic heterocycles. The van der Waals surface area contributed by atoms with Crippen LogP contribution < -0.4 is 20.3 Å². The van der Waals surface area contributed by atoms with Crippen LogP contribution in [0.25, 0.3) is 22.2 Å². The number of nitrogens with zero attached hydrogens (tertiary/aromatic N) is 8. The van der Waals surface area contributed by atoms with E-state index < -0.39 is 13.3 Å². The molecule has 0 amide bonds. The number of halogens is 1. The van der Waals surface area contributed by atoms with Crippen molar-refractivity contribution in [1.29, 1.82) is 0 Å². The fourth-order valence-corrected chi connectivity index (χ4v) is 6.31. The summed E-state index contributed by atoms with van der Waals surface area (Å²) in [6.45, 7) is 6.55. The second-order valence-electron chi connectivity index (χ2n) is 11.8. The van der Waals surface area contributed by atoms with Crippen LogP contribution in [0.1, 0.15) is 16.8 Å². The summed E-state index contributed by atoms with van der Waals surface area (Å²) in [7, 11) is 2.51. The van der Waals surface area contributed by atoms with Gasteiger partial charge in [0.1, 0.15) is 22.6 Å². The number of benzene rings is 2. The number of rotatable bonds is 9. The lowest BCUT2D eigenvalue weighted by Gasteiger charge is -2.27. The number of hydrogen-bond donors (Lipinski definition) is 2. The molecule has 0 aliphatic carbocycles. The van der Waals surface area contributed by atoms with E-state index in [-0.39, 0.29) is 11.5 Å². The largest absolute Gasteiger partial charge is 0.494 e. The summed E-state index contributed by atoms with van der Waals surface area (Å²) >= 11 is 3.52. The molecule has 0 atom stereocenters. The van der Waals surface area contributed by atoms with Gasteiger partial charge in [-0.15, -0.1) is 0 Å². The van der Waals surface area contributed by atoms with Crippen LogP contribution in [-0.4, -0.2) is 94.3 Å². The van der Waals surface area contributed by atoms with Crippen molar-refractivity contribution in [3.05, 3.63) is 65.3 Å². The fourth-order valence-electron chi connectivity index (χ4n) is 5.53. The smallest absolute Gasteiger partial charge is 0.347 e. The minimum absolute atomic E-state index is 0.0858. The van der Waals surface area contributed by atoms with Gasteiger partial charge in [0, 0.05) is 87.7 Å². The molecular formula is C32H36BrN10O4P. The van der Waals surface area contributed by atoms with Crippen molar-refractivity contribution in [2.45, 2.75) is 6.42 Å². The maximum atomic E-state index is 13.3. The number of aryl methyl sites for hydroxylation is 1. The van der Waals surface area contributed by atoms with Crippen molar-refractivity contribution in [3.8, 4) is 16.9 Å². The Morgan fingerprint density at radius 3 is 2.54 bits per heavy atom. The van der Waals surface area contributed by atoms with Crippen LogP contribution in [0.5, 0.6) is 5.75 Å². The van der Waals surface area contributed by atoms with Crippen LogP contribution in [0.3, 0.4) is 0 Å². The molecule has 5 aromatic rings. The monoisotopic (exact) mass is 734 g/mol. The van der Waals surface area contributed by atoms with Gasteiger partial charge >= 0.3 is 5.97 Å². The molecule has 6 rings (SSSR count). The van der Waals surface area contributed by atoms with Gasteiger partial charge in [-0.1, -0.05) is 0 Å². The number of anilines is 5. The number of carbonyl (C=O) groups excluding carboxylic acids is 1. The lowest BCUT2D eigenvalue weighted by molar-refractivity contribution is 0.0746. The van der Waals surface area contributed by atoms with Crippen molar-refractivity contribution >= 4 is 69.1 Å². The highest BCUT2D eigenvalue weighted by atomic mass is 79.9. The van der Waals surface area contributed by atoms with Crippen molar-refractivity contribution in [2.24, 2.45) is 7.05 Å². The predicted molar refractivity (Wildman–Crippen MR) is 190 cm³/mol. The van der Waals surface area contributed by atoms with Gasteiger partial charge < -0.3 is 29.7 Å². The minimum atomic E-state index is -3.17. The Morgan fingerprint density at radius 1 is 0.979 bits per heavy atom. The molecule has 14 nitrogen and oxygen atoms in total. The number of likely N-dealkylation sites (N-methyl/N-ethyl adjacent to an activating group) is 1. The van der Waals surface area contributed by atoms with E-state index in [4.69, 9.17) is 14.2 Å². The normalized spacial score (nSPS) is 14.1. The van der Waals surface area contributed by atoms with Gasteiger partial charge in [-0.3, -0.25) is 19.2 Å². The first-order chi connectivity index (χ1) is 23.0. The highest BCUT2D eigenvalue weighted by molar-refractivity contribution is 9.10. The Hall–Kier alpha value is -4.59. The van der Waals surface area contributed by atoms with Gasteiger partial charge in [-0.05, 0) is 54.1 Å². The Labute approximate surface area is 286 Å². The summed E-state index contributed by atoms with van der Waals surface area (Å²) in [5.74, 6) is 0.469. The molecule has 1 saturated heterocycles. The van der Waals surface area contributed by atoms with Crippen LogP contribution in [-0.2, 0) is 16.1 Å². The van der Waals surface area contributed by atoms with Crippen molar-refractivity contribution < 1.29 is 18.6 Å². The Balaban J connectivity index is 1.37. The first-order valence-corrected chi connectivity index (χ1v) is 18.5. The molecule has 2 N–H and O–H groups in total. The molecular weight excluding hydrogens is 699 g/mol. The summed E-state index contributed by atoms with van der Waals surface area (Å²) in [5, 5.41) is 11.0. The molecule has 0 saturated carbocycles. The van der Waals surface area contributed by atoms with Gasteiger partial charge in [0.2, 0.25) is 13.3 Å². The van der Waals surface area contributed by atoms with E-state index in [2.05, 4.69) is 63.5 Å². The molecule has 1 aliphatic rings. The van der Waals surface area contributed by atoms with Crippen molar-refractivity contribution in [3.63, 3.8) is 0 Å².